The van der Waals surface area contributed by atoms with Gasteiger partial charge in [0.15, 0.2) is 0 Å². The predicted octanol–water partition coefficient (Wildman–Crippen LogP) is 7.67. The van der Waals surface area contributed by atoms with Crippen molar-refractivity contribution in [1.29, 1.82) is 0 Å². The van der Waals surface area contributed by atoms with Crippen LogP contribution in [-0.2, 0) is 9.53 Å². The van der Waals surface area contributed by atoms with Crippen LogP contribution < -0.4 is 9.47 Å². The van der Waals surface area contributed by atoms with Crippen LogP contribution in [0.25, 0.3) is 0 Å². The van der Waals surface area contributed by atoms with E-state index in [1.165, 1.54) is 12.1 Å². The summed E-state index contributed by atoms with van der Waals surface area (Å²) < 4.78 is 54.4. The lowest BCUT2D eigenvalue weighted by atomic mass is 9.82. The number of carbonyl (C=O) groups is 2. The molecule has 2 aromatic carbocycles. The topological polar surface area (TPSA) is 71.6 Å². The van der Waals surface area contributed by atoms with E-state index in [4.69, 9.17) is 9.47 Å². The van der Waals surface area contributed by atoms with Crippen molar-refractivity contribution in [2.45, 2.75) is 91.8 Å². The summed E-state index contributed by atoms with van der Waals surface area (Å²) in [7, 11) is 0. The summed E-state index contributed by atoms with van der Waals surface area (Å²) in [5.74, 6) is 0.723. The number of piperidine rings is 1. The number of benzene rings is 2. The highest BCUT2D eigenvalue weighted by Gasteiger charge is 2.41. The number of carbonyl (C=O) groups excluding carboxylic acids is 2. The summed E-state index contributed by atoms with van der Waals surface area (Å²) in [5, 5.41) is 0. The van der Waals surface area contributed by atoms with Gasteiger partial charge in [-0.2, -0.15) is 0 Å². The molecule has 0 bridgehead atoms. The second-order valence-electron chi connectivity index (χ2n) is 14.6. The van der Waals surface area contributed by atoms with E-state index in [-0.39, 0.29) is 41.2 Å². The predicted molar refractivity (Wildman–Crippen MR) is 174 cm³/mol. The van der Waals surface area contributed by atoms with Gasteiger partial charge >= 0.3 is 12.5 Å². The van der Waals surface area contributed by atoms with Gasteiger partial charge in [-0.15, -0.1) is 13.2 Å². The van der Waals surface area contributed by atoms with Crippen molar-refractivity contribution in [2.24, 2.45) is 11.3 Å². The molecule has 2 amide bonds. The molecular formula is C36H50F3N3O5. The number of alkyl halides is 3. The van der Waals surface area contributed by atoms with Crippen molar-refractivity contribution in [3.63, 3.8) is 0 Å². The van der Waals surface area contributed by atoms with Gasteiger partial charge < -0.3 is 24.0 Å². The normalized spacial score (nSPS) is 19.3. The van der Waals surface area contributed by atoms with Crippen molar-refractivity contribution in [1.82, 2.24) is 14.7 Å². The first-order valence-corrected chi connectivity index (χ1v) is 16.5. The van der Waals surface area contributed by atoms with Crippen LogP contribution in [0.1, 0.15) is 84.9 Å². The second-order valence-corrected chi connectivity index (χ2v) is 14.6. The molecule has 8 nitrogen and oxygen atoms in total. The maximum atomic E-state index is 13.9. The Morgan fingerprint density at radius 2 is 1.53 bits per heavy atom. The van der Waals surface area contributed by atoms with E-state index in [9.17, 15) is 22.8 Å². The summed E-state index contributed by atoms with van der Waals surface area (Å²) in [6.45, 7) is 17.1. The molecule has 0 N–H and O–H groups in total. The minimum Gasteiger partial charge on any atom is -0.494 e. The molecule has 1 unspecified atom stereocenters. The molecule has 0 aliphatic carbocycles. The monoisotopic (exact) mass is 661 g/mol. The van der Waals surface area contributed by atoms with Crippen molar-refractivity contribution < 1.29 is 37.0 Å². The second kappa shape index (κ2) is 14.7. The number of hydrogen-bond acceptors (Lipinski definition) is 6. The molecule has 2 atom stereocenters. The molecule has 2 heterocycles. The molecule has 2 fully saturated rings. The van der Waals surface area contributed by atoms with Gasteiger partial charge in [0, 0.05) is 50.7 Å². The fourth-order valence-electron chi connectivity index (χ4n) is 6.52. The van der Waals surface area contributed by atoms with Crippen LogP contribution in [0.5, 0.6) is 11.5 Å². The first-order valence-electron chi connectivity index (χ1n) is 16.5. The molecule has 47 heavy (non-hydrogen) atoms. The molecule has 260 valence electrons. The number of likely N-dealkylation sites (tertiary alicyclic amines) is 1. The Hall–Kier alpha value is -3.47. The van der Waals surface area contributed by atoms with E-state index >= 15 is 0 Å². The largest absolute Gasteiger partial charge is 0.573 e. The van der Waals surface area contributed by atoms with E-state index in [0.29, 0.717) is 51.5 Å². The van der Waals surface area contributed by atoms with E-state index in [1.807, 2.05) is 56.9 Å². The molecule has 2 aliphatic heterocycles. The number of nitrogens with zero attached hydrogens (tertiary/aromatic N) is 3. The van der Waals surface area contributed by atoms with Crippen LogP contribution >= 0.6 is 0 Å². The number of rotatable bonds is 8. The number of ether oxygens (including phenoxy) is 3. The van der Waals surface area contributed by atoms with E-state index in [1.54, 1.807) is 17.0 Å². The van der Waals surface area contributed by atoms with Gasteiger partial charge in [0.2, 0.25) is 5.91 Å². The third-order valence-corrected chi connectivity index (χ3v) is 8.77. The van der Waals surface area contributed by atoms with Crippen molar-refractivity contribution in [2.75, 3.05) is 39.3 Å². The number of hydrogen-bond donors (Lipinski definition) is 0. The lowest BCUT2D eigenvalue weighted by Crippen LogP contribution is -2.60. The average Bonchev–Trinajstić information content (AvgIpc) is 2.97. The SMILES string of the molecule is CCOc1ccccc1C(c1ccc(OC(F)(F)F)cc1)N1CCN(C(=O)CC2CCN(C(=O)OC(C)(C)C)CC2)[C@@H](C(C)(C)C)C1. The van der Waals surface area contributed by atoms with Crippen LogP contribution in [0.3, 0.4) is 0 Å². The van der Waals surface area contributed by atoms with Gasteiger partial charge in [-0.05, 0) is 75.6 Å². The summed E-state index contributed by atoms with van der Waals surface area (Å²) in [4.78, 5) is 32.5. The van der Waals surface area contributed by atoms with Crippen molar-refractivity contribution in [3.05, 3.63) is 59.7 Å². The molecule has 11 heteroatoms. The summed E-state index contributed by atoms with van der Waals surface area (Å²) in [5.41, 5.74) is 0.908. The quantitative estimate of drug-likeness (QED) is 0.289. The van der Waals surface area contributed by atoms with Crippen LogP contribution in [0, 0.1) is 11.3 Å². The van der Waals surface area contributed by atoms with Crippen LogP contribution in [0.4, 0.5) is 18.0 Å². The first kappa shape index (κ1) is 36.4. The maximum absolute atomic E-state index is 13.9. The molecule has 0 saturated carbocycles. The number of piperazine rings is 1. The Kier molecular flexibility index (Phi) is 11.4. The number of amides is 2. The Balaban J connectivity index is 1.53. The zero-order chi connectivity index (χ0) is 34.6. The standard InChI is InChI=1S/C36H50F3N3O5/c1-8-45-29-12-10-9-11-28(29)32(26-13-15-27(16-14-26)46-36(37,38)39)41-21-22-42(30(24-41)34(2,3)4)31(43)23-25-17-19-40(20-18-25)33(44)47-35(5,6)7/h9-16,25,30,32H,8,17-24H2,1-7H3/t30-,32?/m1/s1. The maximum Gasteiger partial charge on any atom is 0.573 e. The van der Waals surface area contributed by atoms with Crippen LogP contribution in [0.15, 0.2) is 48.5 Å². The number of para-hydroxylation sites is 1. The van der Waals surface area contributed by atoms with Crippen LogP contribution in [-0.4, -0.2) is 84.0 Å². The third kappa shape index (κ3) is 10.0. The zero-order valence-corrected chi connectivity index (χ0v) is 28.7. The van der Waals surface area contributed by atoms with E-state index < -0.39 is 12.0 Å². The smallest absolute Gasteiger partial charge is 0.494 e. The molecule has 0 spiro atoms. The summed E-state index contributed by atoms with van der Waals surface area (Å²) >= 11 is 0. The Morgan fingerprint density at radius 3 is 2.11 bits per heavy atom. The van der Waals surface area contributed by atoms with E-state index in [0.717, 1.165) is 24.0 Å². The highest BCUT2D eigenvalue weighted by Crippen LogP contribution is 2.39. The molecule has 2 aromatic rings. The molecule has 2 aliphatic rings. The van der Waals surface area contributed by atoms with Gasteiger partial charge in [-0.25, -0.2) is 4.79 Å². The van der Waals surface area contributed by atoms with Crippen LogP contribution in [0.2, 0.25) is 0 Å². The Bertz CT molecular complexity index is 1350. The Labute approximate surface area is 277 Å². The lowest BCUT2D eigenvalue weighted by Gasteiger charge is -2.50. The molecule has 0 aromatic heterocycles. The Morgan fingerprint density at radius 1 is 0.894 bits per heavy atom. The van der Waals surface area contributed by atoms with E-state index in [2.05, 4.69) is 30.4 Å². The zero-order valence-electron chi connectivity index (χ0n) is 28.7. The van der Waals surface area contributed by atoms with Gasteiger partial charge in [-0.3, -0.25) is 9.69 Å². The first-order chi connectivity index (χ1) is 21.9. The van der Waals surface area contributed by atoms with Crippen molar-refractivity contribution in [3.8, 4) is 11.5 Å². The molecule has 0 radical (unpaired) electrons. The third-order valence-electron chi connectivity index (χ3n) is 8.77. The molecule has 2 saturated heterocycles. The fourth-order valence-corrected chi connectivity index (χ4v) is 6.52. The average molecular weight is 662 g/mol. The van der Waals surface area contributed by atoms with Gasteiger partial charge in [-0.1, -0.05) is 51.1 Å². The summed E-state index contributed by atoms with van der Waals surface area (Å²) in [6.07, 6.45) is -3.17. The minimum absolute atomic E-state index is 0.111. The van der Waals surface area contributed by atoms with Gasteiger partial charge in [0.05, 0.1) is 12.6 Å². The minimum atomic E-state index is -4.78. The van der Waals surface area contributed by atoms with Gasteiger partial charge in [0.1, 0.15) is 17.1 Å². The number of halogens is 3. The molecular weight excluding hydrogens is 611 g/mol. The summed E-state index contributed by atoms with van der Waals surface area (Å²) in [6, 6.07) is 13.3. The fraction of sp³-hybridized carbons (Fsp3) is 0.611. The van der Waals surface area contributed by atoms with Crippen molar-refractivity contribution >= 4 is 12.0 Å². The highest BCUT2D eigenvalue weighted by atomic mass is 19.4. The van der Waals surface area contributed by atoms with Gasteiger partial charge in [0.25, 0.3) is 0 Å². The lowest BCUT2D eigenvalue weighted by molar-refractivity contribution is -0.274. The highest BCUT2D eigenvalue weighted by molar-refractivity contribution is 5.77. The molecule has 4 rings (SSSR count).